The lowest BCUT2D eigenvalue weighted by Crippen LogP contribution is -3.00. The first-order chi connectivity index (χ1) is 10.3. The molecule has 0 amide bonds. The molecule has 0 fully saturated rings. The van der Waals surface area contributed by atoms with Crippen molar-refractivity contribution in [2.45, 2.75) is 32.9 Å². The normalized spacial score (nSPS) is 10.6. The predicted octanol–water partition coefficient (Wildman–Crippen LogP) is 1.43. The monoisotopic (exact) mass is 334 g/mol. The van der Waals surface area contributed by atoms with Crippen LogP contribution in [0.3, 0.4) is 0 Å². The summed E-state index contributed by atoms with van der Waals surface area (Å²) in [5.41, 5.74) is 3.80. The molecule has 0 radical (unpaired) electrons. The lowest BCUT2D eigenvalue weighted by Gasteiger charge is -1.99. The van der Waals surface area contributed by atoms with Crippen molar-refractivity contribution in [3.8, 4) is 0 Å². The summed E-state index contributed by atoms with van der Waals surface area (Å²) in [6.45, 7) is 4.14. The molecule has 22 heavy (non-hydrogen) atoms. The van der Waals surface area contributed by atoms with E-state index in [0.29, 0.717) is 0 Å². The molecule has 2 aromatic carbocycles. The fraction of sp³-hybridized carbons (Fsp3) is 0.278. The molecule has 0 unspecified atom stereocenters. The van der Waals surface area contributed by atoms with Crippen molar-refractivity contribution in [2.24, 2.45) is 0 Å². The van der Waals surface area contributed by atoms with Gasteiger partial charge in [0.2, 0.25) is 6.33 Å². The molecule has 0 aliphatic carbocycles. The lowest BCUT2D eigenvalue weighted by atomic mass is 10.2. The Balaban J connectivity index is 0.00000176. The van der Waals surface area contributed by atoms with Gasteiger partial charge in [0.25, 0.3) is 0 Å². The molecule has 116 valence electrons. The summed E-state index contributed by atoms with van der Waals surface area (Å²) in [7, 11) is 0. The average molecular weight is 335 g/mol. The largest absolute Gasteiger partial charge is 1.00 e. The molecular formula is C18H20Cl2N2. The average Bonchev–Trinajstić information content (AvgIpc) is 2.84. The van der Waals surface area contributed by atoms with Crippen molar-refractivity contribution in [3.63, 3.8) is 0 Å². The maximum Gasteiger partial charge on any atom is 0.245 e. The van der Waals surface area contributed by atoms with E-state index in [1.165, 1.54) is 29.4 Å². The van der Waals surface area contributed by atoms with Crippen LogP contribution in [0.15, 0.2) is 54.9 Å². The number of nitrogens with zero attached hydrogens (tertiary/aromatic N) is 2. The zero-order chi connectivity index (χ0) is 14.7. The quantitative estimate of drug-likeness (QED) is 0.624. The number of hydrogen-bond acceptors (Lipinski definition) is 0. The molecule has 2 nitrogen and oxygen atoms in total. The Morgan fingerprint density at radius 2 is 1.91 bits per heavy atom. The van der Waals surface area contributed by atoms with E-state index in [2.05, 4.69) is 52.7 Å². The van der Waals surface area contributed by atoms with Gasteiger partial charge in [-0.1, -0.05) is 49.2 Å². The summed E-state index contributed by atoms with van der Waals surface area (Å²) in [5.74, 6) is 0. The second kappa shape index (κ2) is 7.66. The third-order valence-electron chi connectivity index (χ3n) is 3.77. The summed E-state index contributed by atoms with van der Waals surface area (Å²) < 4.78 is 4.65. The number of para-hydroxylation sites is 2. The van der Waals surface area contributed by atoms with Gasteiger partial charge < -0.3 is 12.4 Å². The first-order valence-electron chi connectivity index (χ1n) is 7.49. The van der Waals surface area contributed by atoms with E-state index in [0.717, 1.165) is 18.1 Å². The van der Waals surface area contributed by atoms with E-state index < -0.39 is 0 Å². The number of aryl methyl sites for hydroxylation is 1. The third kappa shape index (κ3) is 3.63. The van der Waals surface area contributed by atoms with Gasteiger partial charge in [0.05, 0.1) is 6.54 Å². The smallest absolute Gasteiger partial charge is 0.245 e. The molecule has 0 aliphatic rings. The van der Waals surface area contributed by atoms with Crippen molar-refractivity contribution >= 4 is 22.6 Å². The summed E-state index contributed by atoms with van der Waals surface area (Å²) in [5, 5.41) is 0.794. The highest BCUT2D eigenvalue weighted by Gasteiger charge is 2.14. The van der Waals surface area contributed by atoms with Gasteiger partial charge in [0, 0.05) is 5.02 Å². The molecule has 0 spiro atoms. The summed E-state index contributed by atoms with van der Waals surface area (Å²) in [6, 6.07) is 16.7. The zero-order valence-electron chi connectivity index (χ0n) is 12.7. The molecule has 3 aromatic rings. The summed E-state index contributed by atoms with van der Waals surface area (Å²) in [4.78, 5) is 0. The van der Waals surface area contributed by atoms with Crippen LogP contribution >= 0.6 is 11.6 Å². The number of hydrogen-bond donors (Lipinski definition) is 0. The van der Waals surface area contributed by atoms with E-state index in [4.69, 9.17) is 11.6 Å². The Hall–Kier alpha value is -1.51. The van der Waals surface area contributed by atoms with Crippen LogP contribution in [0, 0.1) is 0 Å². The van der Waals surface area contributed by atoms with Crippen LogP contribution in [0.4, 0.5) is 0 Å². The maximum atomic E-state index is 6.09. The van der Waals surface area contributed by atoms with Gasteiger partial charge in [0.1, 0.15) is 6.54 Å². The van der Waals surface area contributed by atoms with Gasteiger partial charge in [-0.15, -0.1) is 0 Å². The first kappa shape index (κ1) is 16.9. The molecule has 0 saturated carbocycles. The maximum absolute atomic E-state index is 6.09. The second-order valence-corrected chi connectivity index (χ2v) is 5.85. The van der Waals surface area contributed by atoms with Crippen molar-refractivity contribution in [1.29, 1.82) is 0 Å². The van der Waals surface area contributed by atoms with E-state index in [1.807, 2.05) is 18.2 Å². The minimum Gasteiger partial charge on any atom is -1.00 e. The van der Waals surface area contributed by atoms with Gasteiger partial charge in [-0.3, -0.25) is 0 Å². The van der Waals surface area contributed by atoms with Crippen LogP contribution in [0.5, 0.6) is 0 Å². The van der Waals surface area contributed by atoms with Crippen LogP contribution in [0.1, 0.15) is 25.3 Å². The Morgan fingerprint density at radius 1 is 1.09 bits per heavy atom. The van der Waals surface area contributed by atoms with Gasteiger partial charge in [0.15, 0.2) is 11.0 Å². The molecule has 3 rings (SSSR count). The van der Waals surface area contributed by atoms with Gasteiger partial charge in [-0.25, -0.2) is 9.13 Å². The Kier molecular flexibility index (Phi) is 5.87. The predicted molar refractivity (Wildman–Crippen MR) is 87.6 cm³/mol. The first-order valence-corrected chi connectivity index (χ1v) is 7.87. The Bertz CT molecular complexity index is 750. The number of fused-ring (bicyclic) bond motifs is 1. The number of halogens is 2. The van der Waals surface area contributed by atoms with Gasteiger partial charge in [-0.05, 0) is 36.2 Å². The minimum absolute atomic E-state index is 0. The highest BCUT2D eigenvalue weighted by molar-refractivity contribution is 6.30. The molecule has 0 aliphatic heterocycles. The molecule has 0 atom stereocenters. The number of aromatic nitrogens is 2. The SMILES string of the molecule is CCCCn1c[n+](Cc2cccc(Cl)c2)c2ccccc21.[Cl-]. The number of benzene rings is 2. The fourth-order valence-corrected chi connectivity index (χ4v) is 2.92. The number of rotatable bonds is 5. The fourth-order valence-electron chi connectivity index (χ4n) is 2.71. The minimum atomic E-state index is 0. The zero-order valence-corrected chi connectivity index (χ0v) is 14.2. The molecule has 0 bridgehead atoms. The van der Waals surface area contributed by atoms with Crippen molar-refractivity contribution < 1.29 is 17.0 Å². The molecule has 0 N–H and O–H groups in total. The number of imidazole rings is 1. The highest BCUT2D eigenvalue weighted by atomic mass is 35.5. The van der Waals surface area contributed by atoms with E-state index in [9.17, 15) is 0 Å². The Labute approximate surface area is 142 Å². The van der Waals surface area contributed by atoms with Crippen LogP contribution in [-0.4, -0.2) is 4.57 Å². The number of unbranched alkanes of at least 4 members (excludes halogenated alkanes) is 1. The van der Waals surface area contributed by atoms with Crippen LogP contribution < -0.4 is 17.0 Å². The molecular weight excluding hydrogens is 315 g/mol. The highest BCUT2D eigenvalue weighted by Crippen LogP contribution is 2.14. The lowest BCUT2D eigenvalue weighted by molar-refractivity contribution is -0.663. The van der Waals surface area contributed by atoms with Crippen molar-refractivity contribution in [3.05, 3.63) is 65.4 Å². The summed E-state index contributed by atoms with van der Waals surface area (Å²) in [6.07, 6.45) is 4.64. The van der Waals surface area contributed by atoms with Crippen molar-refractivity contribution in [1.82, 2.24) is 4.57 Å². The van der Waals surface area contributed by atoms with Crippen LogP contribution in [0.2, 0.25) is 5.02 Å². The second-order valence-electron chi connectivity index (χ2n) is 5.41. The standard InChI is InChI=1S/C18H20ClN2.ClH/c1-2-3-11-20-14-21(18-10-5-4-9-17(18)20)13-15-7-6-8-16(19)12-15;/h4-10,12,14H,2-3,11,13H2,1H3;1H/q+1;/p-1. The molecule has 0 saturated heterocycles. The summed E-state index contributed by atoms with van der Waals surface area (Å²) >= 11 is 6.09. The molecule has 1 heterocycles. The van der Waals surface area contributed by atoms with E-state index in [1.54, 1.807) is 0 Å². The van der Waals surface area contributed by atoms with Crippen LogP contribution in [0.25, 0.3) is 11.0 Å². The van der Waals surface area contributed by atoms with Gasteiger partial charge in [-0.2, -0.15) is 0 Å². The third-order valence-corrected chi connectivity index (χ3v) is 4.01. The Morgan fingerprint density at radius 3 is 2.68 bits per heavy atom. The van der Waals surface area contributed by atoms with Crippen molar-refractivity contribution in [2.75, 3.05) is 0 Å². The van der Waals surface area contributed by atoms with Gasteiger partial charge >= 0.3 is 0 Å². The van der Waals surface area contributed by atoms with E-state index >= 15 is 0 Å². The molecule has 1 aromatic heterocycles. The van der Waals surface area contributed by atoms with E-state index in [-0.39, 0.29) is 12.4 Å². The van der Waals surface area contributed by atoms with Crippen LogP contribution in [-0.2, 0) is 13.1 Å². The topological polar surface area (TPSA) is 8.81 Å². The molecule has 4 heteroatoms.